The molecule has 0 aromatic carbocycles. The Kier molecular flexibility index (Phi) is 3.92. The molecule has 14 heavy (non-hydrogen) atoms. The summed E-state index contributed by atoms with van der Waals surface area (Å²) in [6.07, 6.45) is 5.52. The van der Waals surface area contributed by atoms with Crippen molar-refractivity contribution in [3.05, 3.63) is 0 Å². The zero-order valence-corrected chi connectivity index (χ0v) is 8.78. The molecule has 1 aliphatic carbocycles. The second kappa shape index (κ2) is 4.98. The Balaban J connectivity index is 2.50. The highest BCUT2D eigenvalue weighted by Gasteiger charge is 2.26. The van der Waals surface area contributed by atoms with E-state index >= 15 is 0 Å². The van der Waals surface area contributed by atoms with E-state index in [2.05, 4.69) is 4.74 Å². The zero-order chi connectivity index (χ0) is 10.6. The predicted octanol–water partition coefficient (Wildman–Crippen LogP) is 0.950. The van der Waals surface area contributed by atoms with Crippen LogP contribution in [0.4, 0.5) is 0 Å². The van der Waals surface area contributed by atoms with Crippen LogP contribution in [0.3, 0.4) is 0 Å². The van der Waals surface area contributed by atoms with E-state index in [1.54, 1.807) is 7.05 Å². The van der Waals surface area contributed by atoms with Gasteiger partial charge in [-0.2, -0.15) is 0 Å². The van der Waals surface area contributed by atoms with Gasteiger partial charge in [0, 0.05) is 13.1 Å². The predicted molar refractivity (Wildman–Crippen MR) is 51.7 cm³/mol. The summed E-state index contributed by atoms with van der Waals surface area (Å²) in [5, 5.41) is 0. The summed E-state index contributed by atoms with van der Waals surface area (Å²) in [6.45, 7) is 0. The fourth-order valence-corrected chi connectivity index (χ4v) is 1.87. The third kappa shape index (κ3) is 2.47. The highest BCUT2D eigenvalue weighted by atomic mass is 16.5. The Bertz CT molecular complexity index is 221. The maximum Gasteiger partial charge on any atom is 0.396 e. The van der Waals surface area contributed by atoms with E-state index in [1.165, 1.54) is 18.4 Å². The highest BCUT2D eigenvalue weighted by molar-refractivity contribution is 6.32. The van der Waals surface area contributed by atoms with Gasteiger partial charge in [0.25, 0.3) is 0 Å². The van der Waals surface area contributed by atoms with Crippen molar-refractivity contribution in [3.63, 3.8) is 0 Å². The van der Waals surface area contributed by atoms with Crippen LogP contribution in [-0.4, -0.2) is 37.0 Å². The lowest BCUT2D eigenvalue weighted by molar-refractivity contribution is -0.158. The minimum atomic E-state index is -0.766. The number of nitrogens with zero attached hydrogens (tertiary/aromatic N) is 1. The Hall–Kier alpha value is -1.06. The van der Waals surface area contributed by atoms with Crippen molar-refractivity contribution in [2.75, 3.05) is 14.2 Å². The van der Waals surface area contributed by atoms with Crippen molar-refractivity contribution in [2.24, 2.45) is 0 Å². The lowest BCUT2D eigenvalue weighted by Gasteiger charge is -2.30. The van der Waals surface area contributed by atoms with Crippen LogP contribution in [0.15, 0.2) is 0 Å². The molecule has 1 saturated carbocycles. The SMILES string of the molecule is COC(=O)C(=O)N(C)C1CCCCC1. The second-order valence-corrected chi connectivity index (χ2v) is 3.70. The zero-order valence-electron chi connectivity index (χ0n) is 8.78. The molecule has 0 radical (unpaired) electrons. The molecule has 0 aromatic rings. The summed E-state index contributed by atoms with van der Waals surface area (Å²) in [5.41, 5.74) is 0. The van der Waals surface area contributed by atoms with Gasteiger partial charge in [0.2, 0.25) is 0 Å². The van der Waals surface area contributed by atoms with E-state index in [0.717, 1.165) is 25.7 Å². The Labute approximate surface area is 84.2 Å². The van der Waals surface area contributed by atoms with E-state index < -0.39 is 11.9 Å². The number of hydrogen-bond donors (Lipinski definition) is 0. The van der Waals surface area contributed by atoms with Gasteiger partial charge in [0.05, 0.1) is 7.11 Å². The summed E-state index contributed by atoms with van der Waals surface area (Å²) >= 11 is 0. The van der Waals surface area contributed by atoms with Crippen LogP contribution in [0.2, 0.25) is 0 Å². The normalized spacial score (nSPS) is 17.6. The lowest BCUT2D eigenvalue weighted by Crippen LogP contribution is -2.42. The van der Waals surface area contributed by atoms with E-state index in [0.29, 0.717) is 0 Å². The highest BCUT2D eigenvalue weighted by Crippen LogP contribution is 2.21. The smallest absolute Gasteiger partial charge is 0.396 e. The number of carbonyl (C=O) groups is 2. The summed E-state index contributed by atoms with van der Waals surface area (Å²) in [5.74, 6) is -1.29. The molecule has 0 atom stereocenters. The van der Waals surface area contributed by atoms with Gasteiger partial charge in [-0.25, -0.2) is 4.79 Å². The Morgan fingerprint density at radius 3 is 2.29 bits per heavy atom. The standard InChI is InChI=1S/C10H17NO3/c1-11(9(12)10(13)14-2)8-6-4-3-5-7-8/h8H,3-7H2,1-2H3. The molecule has 0 bridgehead atoms. The molecule has 0 spiro atoms. The van der Waals surface area contributed by atoms with E-state index in [-0.39, 0.29) is 6.04 Å². The molecule has 0 saturated heterocycles. The van der Waals surface area contributed by atoms with Crippen LogP contribution in [0.5, 0.6) is 0 Å². The number of amides is 1. The molecule has 0 aliphatic heterocycles. The van der Waals surface area contributed by atoms with Crippen molar-refractivity contribution >= 4 is 11.9 Å². The molecule has 0 aromatic heterocycles. The molecule has 1 aliphatic rings. The van der Waals surface area contributed by atoms with Crippen molar-refractivity contribution in [2.45, 2.75) is 38.1 Å². The van der Waals surface area contributed by atoms with Crippen LogP contribution in [0, 0.1) is 0 Å². The first-order valence-electron chi connectivity index (χ1n) is 5.02. The molecule has 4 heteroatoms. The van der Waals surface area contributed by atoms with Gasteiger partial charge in [0.1, 0.15) is 0 Å². The molecule has 0 N–H and O–H groups in total. The number of likely N-dealkylation sites (N-methyl/N-ethyl adjacent to an activating group) is 1. The average molecular weight is 199 g/mol. The van der Waals surface area contributed by atoms with Crippen molar-refractivity contribution < 1.29 is 14.3 Å². The average Bonchev–Trinajstić information content (AvgIpc) is 2.27. The molecular formula is C10H17NO3. The first kappa shape index (κ1) is 11.0. The quantitative estimate of drug-likeness (QED) is 0.466. The van der Waals surface area contributed by atoms with Crippen LogP contribution in [0.1, 0.15) is 32.1 Å². The van der Waals surface area contributed by atoms with Gasteiger partial charge < -0.3 is 9.64 Å². The van der Waals surface area contributed by atoms with Gasteiger partial charge in [-0.05, 0) is 12.8 Å². The number of rotatable bonds is 1. The monoisotopic (exact) mass is 199 g/mol. The summed E-state index contributed by atoms with van der Waals surface area (Å²) in [7, 11) is 2.91. The number of methoxy groups -OCH3 is 1. The summed E-state index contributed by atoms with van der Waals surface area (Å²) in [4.78, 5) is 23.9. The van der Waals surface area contributed by atoms with E-state index in [4.69, 9.17) is 0 Å². The Morgan fingerprint density at radius 2 is 1.79 bits per heavy atom. The van der Waals surface area contributed by atoms with Crippen LogP contribution < -0.4 is 0 Å². The van der Waals surface area contributed by atoms with Gasteiger partial charge >= 0.3 is 11.9 Å². The van der Waals surface area contributed by atoms with Crippen LogP contribution in [0.25, 0.3) is 0 Å². The number of ether oxygens (including phenoxy) is 1. The molecule has 1 amide bonds. The third-order valence-corrected chi connectivity index (χ3v) is 2.80. The van der Waals surface area contributed by atoms with E-state index in [9.17, 15) is 9.59 Å². The molecule has 1 rings (SSSR count). The summed E-state index contributed by atoms with van der Waals surface area (Å²) in [6, 6.07) is 0.218. The fraction of sp³-hybridized carbons (Fsp3) is 0.800. The molecule has 0 unspecified atom stereocenters. The number of hydrogen-bond acceptors (Lipinski definition) is 3. The largest absolute Gasteiger partial charge is 0.462 e. The minimum absolute atomic E-state index is 0.218. The first-order chi connectivity index (χ1) is 6.66. The molecule has 80 valence electrons. The van der Waals surface area contributed by atoms with Crippen LogP contribution >= 0.6 is 0 Å². The second-order valence-electron chi connectivity index (χ2n) is 3.70. The summed E-state index contributed by atoms with van der Waals surface area (Å²) < 4.78 is 4.39. The van der Waals surface area contributed by atoms with Gasteiger partial charge in [-0.3, -0.25) is 4.79 Å². The van der Waals surface area contributed by atoms with Crippen LogP contribution in [-0.2, 0) is 14.3 Å². The topological polar surface area (TPSA) is 46.6 Å². The molecule has 1 fully saturated rings. The maximum atomic E-state index is 11.4. The number of esters is 1. The maximum absolute atomic E-state index is 11.4. The lowest BCUT2D eigenvalue weighted by atomic mass is 9.94. The van der Waals surface area contributed by atoms with Gasteiger partial charge in [-0.15, -0.1) is 0 Å². The van der Waals surface area contributed by atoms with Gasteiger partial charge in [0.15, 0.2) is 0 Å². The number of carbonyl (C=O) groups excluding carboxylic acids is 2. The first-order valence-corrected chi connectivity index (χ1v) is 5.02. The van der Waals surface area contributed by atoms with Crippen molar-refractivity contribution in [1.29, 1.82) is 0 Å². The fourth-order valence-electron chi connectivity index (χ4n) is 1.87. The molecule has 0 heterocycles. The molecular weight excluding hydrogens is 182 g/mol. The van der Waals surface area contributed by atoms with E-state index in [1.807, 2.05) is 0 Å². The van der Waals surface area contributed by atoms with Crippen molar-refractivity contribution in [1.82, 2.24) is 4.90 Å². The third-order valence-electron chi connectivity index (χ3n) is 2.80. The van der Waals surface area contributed by atoms with Crippen molar-refractivity contribution in [3.8, 4) is 0 Å². The Morgan fingerprint density at radius 1 is 1.21 bits per heavy atom. The molecule has 4 nitrogen and oxygen atoms in total. The minimum Gasteiger partial charge on any atom is -0.462 e. The van der Waals surface area contributed by atoms with Gasteiger partial charge in [-0.1, -0.05) is 19.3 Å².